The Morgan fingerprint density at radius 1 is 1.83 bits per heavy atom. The Balaban J connectivity index is 2.54. The third-order valence-electron chi connectivity index (χ3n) is 1.67. The van der Waals surface area contributed by atoms with Crippen LogP contribution in [-0.4, -0.2) is 24.2 Å². The molecule has 2 N–H and O–H groups in total. The number of aliphatic carboxylic acids is 1. The Morgan fingerprint density at radius 3 is 3.00 bits per heavy atom. The molecule has 0 saturated carbocycles. The van der Waals surface area contributed by atoms with E-state index < -0.39 is 12.0 Å². The summed E-state index contributed by atoms with van der Waals surface area (Å²) in [6.07, 6.45) is 0.551. The average Bonchev–Trinajstić information content (AvgIpc) is 2.51. The fraction of sp³-hybridized carbons (Fsp3) is 0.375. The zero-order valence-electron chi connectivity index (χ0n) is 6.78. The zero-order chi connectivity index (χ0) is 8.97. The molecule has 0 unspecified atom stereocenters. The van der Waals surface area contributed by atoms with Crippen molar-refractivity contribution in [2.75, 3.05) is 7.05 Å². The van der Waals surface area contributed by atoms with Crippen LogP contribution in [0.3, 0.4) is 0 Å². The first-order valence-electron chi connectivity index (χ1n) is 3.65. The Labute approximate surface area is 75.0 Å². The van der Waals surface area contributed by atoms with Crippen LogP contribution in [0, 0.1) is 0 Å². The predicted molar refractivity (Wildman–Crippen MR) is 48.5 cm³/mol. The molecule has 0 saturated heterocycles. The van der Waals surface area contributed by atoms with Crippen LogP contribution in [0.4, 0.5) is 0 Å². The fourth-order valence-electron chi connectivity index (χ4n) is 0.957. The van der Waals surface area contributed by atoms with E-state index in [0.29, 0.717) is 6.42 Å². The van der Waals surface area contributed by atoms with Crippen LogP contribution in [-0.2, 0) is 11.2 Å². The van der Waals surface area contributed by atoms with E-state index in [1.807, 2.05) is 16.8 Å². The van der Waals surface area contributed by atoms with Crippen molar-refractivity contribution in [2.24, 2.45) is 0 Å². The van der Waals surface area contributed by atoms with Crippen molar-refractivity contribution in [1.82, 2.24) is 5.32 Å². The number of nitrogens with one attached hydrogen (secondary N) is 1. The van der Waals surface area contributed by atoms with Crippen molar-refractivity contribution in [1.29, 1.82) is 0 Å². The van der Waals surface area contributed by atoms with Crippen LogP contribution in [0.5, 0.6) is 0 Å². The highest BCUT2D eigenvalue weighted by Crippen LogP contribution is 2.08. The summed E-state index contributed by atoms with van der Waals surface area (Å²) in [6.45, 7) is 0. The summed E-state index contributed by atoms with van der Waals surface area (Å²) >= 11 is 1.58. The van der Waals surface area contributed by atoms with Gasteiger partial charge in [0.25, 0.3) is 0 Å². The van der Waals surface area contributed by atoms with Crippen LogP contribution < -0.4 is 5.32 Å². The van der Waals surface area contributed by atoms with E-state index in [1.54, 1.807) is 18.4 Å². The van der Waals surface area contributed by atoms with E-state index >= 15 is 0 Å². The summed E-state index contributed by atoms with van der Waals surface area (Å²) < 4.78 is 0. The molecular weight excluding hydrogens is 174 g/mol. The van der Waals surface area contributed by atoms with Crippen molar-refractivity contribution < 1.29 is 9.90 Å². The number of hydrogen-bond acceptors (Lipinski definition) is 3. The molecule has 1 heterocycles. The number of hydrogen-bond donors (Lipinski definition) is 2. The summed E-state index contributed by atoms with van der Waals surface area (Å²) in [5, 5.41) is 15.4. The average molecular weight is 185 g/mol. The molecule has 0 aromatic carbocycles. The fourth-order valence-corrected chi connectivity index (χ4v) is 1.64. The molecule has 12 heavy (non-hydrogen) atoms. The van der Waals surface area contributed by atoms with E-state index in [0.717, 1.165) is 5.56 Å². The first-order valence-corrected chi connectivity index (χ1v) is 4.59. The molecule has 1 aromatic heterocycles. The van der Waals surface area contributed by atoms with Gasteiger partial charge in [-0.25, -0.2) is 0 Å². The first-order chi connectivity index (χ1) is 5.74. The van der Waals surface area contributed by atoms with Gasteiger partial charge in [-0.05, 0) is 35.9 Å². The molecule has 0 aliphatic heterocycles. The largest absolute Gasteiger partial charge is 0.480 e. The lowest BCUT2D eigenvalue weighted by Gasteiger charge is -2.08. The normalized spacial score (nSPS) is 12.8. The van der Waals surface area contributed by atoms with Gasteiger partial charge in [0.15, 0.2) is 0 Å². The van der Waals surface area contributed by atoms with Crippen LogP contribution >= 0.6 is 11.3 Å². The molecule has 1 atom stereocenters. The number of thiophene rings is 1. The maximum absolute atomic E-state index is 10.6. The minimum absolute atomic E-state index is 0.473. The highest BCUT2D eigenvalue weighted by atomic mass is 32.1. The van der Waals surface area contributed by atoms with Gasteiger partial charge >= 0.3 is 5.97 Å². The Kier molecular flexibility index (Phi) is 3.25. The Morgan fingerprint density at radius 2 is 2.58 bits per heavy atom. The molecule has 1 rings (SSSR count). The lowest BCUT2D eigenvalue weighted by molar-refractivity contribution is -0.139. The lowest BCUT2D eigenvalue weighted by atomic mass is 10.1. The molecule has 0 spiro atoms. The molecule has 0 amide bonds. The van der Waals surface area contributed by atoms with Crippen LogP contribution in [0.1, 0.15) is 5.56 Å². The first kappa shape index (κ1) is 9.22. The standard InChI is InChI=1S/C8H11NO2S/c1-9-7(8(10)11)4-6-2-3-12-5-6/h2-3,5,7,9H,4H2,1H3,(H,10,11)/t7-/m0/s1. The van der Waals surface area contributed by atoms with Crippen molar-refractivity contribution in [3.05, 3.63) is 22.4 Å². The second-order valence-electron chi connectivity index (χ2n) is 2.52. The minimum Gasteiger partial charge on any atom is -0.480 e. The van der Waals surface area contributed by atoms with Crippen LogP contribution in [0.15, 0.2) is 16.8 Å². The van der Waals surface area contributed by atoms with E-state index in [-0.39, 0.29) is 0 Å². The molecule has 3 nitrogen and oxygen atoms in total. The monoisotopic (exact) mass is 185 g/mol. The quantitative estimate of drug-likeness (QED) is 0.734. The van der Waals surface area contributed by atoms with Crippen LogP contribution in [0.2, 0.25) is 0 Å². The van der Waals surface area contributed by atoms with Gasteiger partial charge < -0.3 is 10.4 Å². The zero-order valence-corrected chi connectivity index (χ0v) is 7.60. The van der Waals surface area contributed by atoms with Gasteiger partial charge in [0.2, 0.25) is 0 Å². The number of carbonyl (C=O) groups is 1. The number of carboxylic acids is 1. The highest BCUT2D eigenvalue weighted by molar-refractivity contribution is 7.07. The second kappa shape index (κ2) is 4.23. The summed E-state index contributed by atoms with van der Waals surface area (Å²) in [5.74, 6) is -0.802. The summed E-state index contributed by atoms with van der Waals surface area (Å²) in [4.78, 5) is 10.6. The molecule has 0 bridgehead atoms. The SMILES string of the molecule is CN[C@@H](Cc1ccsc1)C(=O)O. The van der Waals surface area contributed by atoms with Gasteiger partial charge in [0.05, 0.1) is 0 Å². The Bertz CT molecular complexity index is 246. The minimum atomic E-state index is -0.802. The van der Waals surface area contributed by atoms with E-state index in [4.69, 9.17) is 5.11 Å². The summed E-state index contributed by atoms with van der Waals surface area (Å²) in [5.41, 5.74) is 1.07. The van der Waals surface area contributed by atoms with Crippen molar-refractivity contribution in [3.63, 3.8) is 0 Å². The third kappa shape index (κ3) is 2.32. The molecule has 66 valence electrons. The number of likely N-dealkylation sites (N-methyl/N-ethyl adjacent to an activating group) is 1. The molecule has 0 fully saturated rings. The summed E-state index contributed by atoms with van der Waals surface area (Å²) in [7, 11) is 1.66. The third-order valence-corrected chi connectivity index (χ3v) is 2.40. The van der Waals surface area contributed by atoms with Crippen molar-refractivity contribution in [3.8, 4) is 0 Å². The van der Waals surface area contributed by atoms with Gasteiger partial charge in [-0.3, -0.25) is 4.79 Å². The van der Waals surface area contributed by atoms with Crippen LogP contribution in [0.25, 0.3) is 0 Å². The molecule has 4 heteroatoms. The summed E-state index contributed by atoms with van der Waals surface area (Å²) in [6, 6.07) is 1.47. The van der Waals surface area contributed by atoms with Gasteiger partial charge in [-0.15, -0.1) is 0 Å². The number of carboxylic acid groups (broad SMARTS) is 1. The smallest absolute Gasteiger partial charge is 0.321 e. The molecule has 0 aliphatic carbocycles. The van der Waals surface area contributed by atoms with Crippen molar-refractivity contribution >= 4 is 17.3 Å². The van der Waals surface area contributed by atoms with E-state index in [1.165, 1.54) is 0 Å². The Hall–Kier alpha value is -0.870. The van der Waals surface area contributed by atoms with Gasteiger partial charge in [0.1, 0.15) is 6.04 Å². The molecular formula is C8H11NO2S. The van der Waals surface area contributed by atoms with E-state index in [2.05, 4.69) is 5.32 Å². The highest BCUT2D eigenvalue weighted by Gasteiger charge is 2.14. The lowest BCUT2D eigenvalue weighted by Crippen LogP contribution is -2.35. The number of rotatable bonds is 4. The molecule has 0 aliphatic rings. The van der Waals surface area contributed by atoms with Gasteiger partial charge in [0, 0.05) is 0 Å². The van der Waals surface area contributed by atoms with Crippen molar-refractivity contribution in [2.45, 2.75) is 12.5 Å². The van der Waals surface area contributed by atoms with E-state index in [9.17, 15) is 4.79 Å². The predicted octanol–water partition coefficient (Wildman–Crippen LogP) is 0.963. The van der Waals surface area contributed by atoms with Gasteiger partial charge in [-0.2, -0.15) is 11.3 Å². The second-order valence-corrected chi connectivity index (χ2v) is 3.30. The molecule has 0 radical (unpaired) electrons. The molecule has 1 aromatic rings. The maximum atomic E-state index is 10.6. The van der Waals surface area contributed by atoms with Gasteiger partial charge in [-0.1, -0.05) is 0 Å². The maximum Gasteiger partial charge on any atom is 0.321 e. The topological polar surface area (TPSA) is 49.3 Å².